The highest BCUT2D eigenvalue weighted by Crippen LogP contribution is 2.23. The van der Waals surface area contributed by atoms with Gasteiger partial charge in [0.05, 0.1) is 25.0 Å². The number of hydrogen-bond acceptors (Lipinski definition) is 5. The molecule has 138 valence electrons. The molecular weight excluding hydrogens is 351 g/mol. The summed E-state index contributed by atoms with van der Waals surface area (Å²) in [7, 11) is -2.51. The van der Waals surface area contributed by atoms with E-state index in [9.17, 15) is 22.4 Å². The molecule has 0 radical (unpaired) electrons. The second kappa shape index (κ2) is 7.81. The number of carbonyl (C=O) groups is 2. The molecule has 1 saturated heterocycles. The van der Waals surface area contributed by atoms with Crippen molar-refractivity contribution in [3.8, 4) is 0 Å². The quantitative estimate of drug-likeness (QED) is 0.720. The van der Waals surface area contributed by atoms with Crippen molar-refractivity contribution in [3.63, 3.8) is 0 Å². The predicted octanol–water partition coefficient (Wildman–Crippen LogP) is 1.00. The lowest BCUT2D eigenvalue weighted by Crippen LogP contribution is -2.46. The maximum absolute atomic E-state index is 14.0. The number of benzene rings is 1. The third-order valence-corrected chi connectivity index (χ3v) is 5.31. The Hall–Kier alpha value is -2.16. The Morgan fingerprint density at radius 1 is 1.28 bits per heavy atom. The van der Waals surface area contributed by atoms with Crippen molar-refractivity contribution in [1.82, 2.24) is 4.90 Å². The van der Waals surface area contributed by atoms with Crippen molar-refractivity contribution in [2.24, 2.45) is 5.92 Å². The Morgan fingerprint density at radius 3 is 2.40 bits per heavy atom. The number of sulfonamides is 1. The summed E-state index contributed by atoms with van der Waals surface area (Å²) in [6.45, 7) is 0.170. The van der Waals surface area contributed by atoms with Crippen LogP contribution in [0.2, 0.25) is 0 Å². The molecule has 1 aromatic rings. The van der Waals surface area contributed by atoms with Crippen molar-refractivity contribution in [3.05, 3.63) is 30.1 Å². The molecule has 0 spiro atoms. The molecule has 0 aliphatic carbocycles. The van der Waals surface area contributed by atoms with Gasteiger partial charge >= 0.3 is 5.97 Å². The van der Waals surface area contributed by atoms with E-state index in [0.29, 0.717) is 25.9 Å². The molecule has 1 fully saturated rings. The van der Waals surface area contributed by atoms with E-state index in [0.717, 1.165) is 16.6 Å². The van der Waals surface area contributed by atoms with Crippen LogP contribution >= 0.6 is 0 Å². The molecule has 0 N–H and O–H groups in total. The molecule has 0 unspecified atom stereocenters. The number of ether oxygens (including phenoxy) is 1. The first kappa shape index (κ1) is 19.2. The standard InChI is InChI=1S/C16H21FN2O5S/c1-24-16(21)12-7-9-18(10-8-12)15(20)11-19(25(2,22)23)14-6-4-3-5-13(14)17/h3-6,12H,7-11H2,1-2H3. The van der Waals surface area contributed by atoms with Gasteiger partial charge in [0, 0.05) is 13.1 Å². The molecule has 2 rings (SSSR count). The average molecular weight is 372 g/mol. The van der Waals surface area contributed by atoms with Crippen LogP contribution in [0.4, 0.5) is 10.1 Å². The number of nitrogens with zero attached hydrogens (tertiary/aromatic N) is 2. The normalized spacial score (nSPS) is 15.7. The molecule has 1 aromatic carbocycles. The van der Waals surface area contributed by atoms with E-state index in [2.05, 4.69) is 0 Å². The molecule has 0 aromatic heterocycles. The summed E-state index contributed by atoms with van der Waals surface area (Å²) in [5.74, 6) is -1.72. The fraction of sp³-hybridized carbons (Fsp3) is 0.500. The van der Waals surface area contributed by atoms with Crippen LogP contribution < -0.4 is 4.31 Å². The summed E-state index contributed by atoms with van der Waals surface area (Å²) in [4.78, 5) is 25.5. The fourth-order valence-electron chi connectivity index (χ4n) is 2.79. The summed E-state index contributed by atoms with van der Waals surface area (Å²) in [5, 5.41) is 0. The van der Waals surface area contributed by atoms with E-state index in [1.165, 1.54) is 30.2 Å². The Labute approximate surface area is 146 Å². The minimum atomic E-state index is -3.83. The monoisotopic (exact) mass is 372 g/mol. The largest absolute Gasteiger partial charge is 0.469 e. The molecule has 0 atom stereocenters. The maximum atomic E-state index is 14.0. The first-order chi connectivity index (χ1) is 11.7. The minimum Gasteiger partial charge on any atom is -0.469 e. The molecule has 0 saturated carbocycles. The van der Waals surface area contributed by atoms with Gasteiger partial charge in [-0.1, -0.05) is 12.1 Å². The van der Waals surface area contributed by atoms with Crippen LogP contribution in [0.15, 0.2) is 24.3 Å². The van der Waals surface area contributed by atoms with E-state index in [4.69, 9.17) is 4.74 Å². The molecule has 25 heavy (non-hydrogen) atoms. The van der Waals surface area contributed by atoms with Gasteiger partial charge in [-0.25, -0.2) is 12.8 Å². The Morgan fingerprint density at radius 2 is 1.88 bits per heavy atom. The molecule has 1 aliphatic rings. The topological polar surface area (TPSA) is 84.0 Å². The van der Waals surface area contributed by atoms with Gasteiger partial charge in [0.25, 0.3) is 0 Å². The third-order valence-electron chi connectivity index (χ3n) is 4.18. The number of halogens is 1. The van der Waals surface area contributed by atoms with Crippen molar-refractivity contribution in [2.45, 2.75) is 12.8 Å². The van der Waals surface area contributed by atoms with E-state index >= 15 is 0 Å². The summed E-state index contributed by atoms with van der Waals surface area (Å²) in [6, 6.07) is 5.40. The van der Waals surface area contributed by atoms with E-state index in [-0.39, 0.29) is 17.6 Å². The second-order valence-corrected chi connectivity index (χ2v) is 7.81. The lowest BCUT2D eigenvalue weighted by atomic mass is 9.97. The van der Waals surface area contributed by atoms with Crippen LogP contribution in [0.5, 0.6) is 0 Å². The number of piperidine rings is 1. The van der Waals surface area contributed by atoms with Gasteiger partial charge in [0.2, 0.25) is 15.9 Å². The molecule has 0 bridgehead atoms. The molecular formula is C16H21FN2O5S. The molecule has 7 nitrogen and oxygen atoms in total. The minimum absolute atomic E-state index is 0.164. The smallest absolute Gasteiger partial charge is 0.308 e. The third kappa shape index (κ3) is 4.68. The van der Waals surface area contributed by atoms with Crippen molar-refractivity contribution < 1.29 is 27.1 Å². The van der Waals surface area contributed by atoms with Crippen LogP contribution in [0.1, 0.15) is 12.8 Å². The van der Waals surface area contributed by atoms with Crippen LogP contribution in [0.3, 0.4) is 0 Å². The highest BCUT2D eigenvalue weighted by molar-refractivity contribution is 7.92. The number of likely N-dealkylation sites (tertiary alicyclic amines) is 1. The molecule has 9 heteroatoms. The predicted molar refractivity (Wildman–Crippen MR) is 89.9 cm³/mol. The zero-order valence-corrected chi connectivity index (χ0v) is 15.0. The Bertz CT molecular complexity index is 745. The molecule has 1 aliphatic heterocycles. The number of anilines is 1. The highest BCUT2D eigenvalue weighted by Gasteiger charge is 2.30. The van der Waals surface area contributed by atoms with Crippen molar-refractivity contribution >= 4 is 27.6 Å². The van der Waals surface area contributed by atoms with Gasteiger partial charge in [0.15, 0.2) is 0 Å². The molecule has 1 heterocycles. The number of hydrogen-bond donors (Lipinski definition) is 0. The van der Waals surface area contributed by atoms with Crippen LogP contribution in [-0.4, -0.2) is 58.2 Å². The number of para-hydroxylation sites is 1. The lowest BCUT2D eigenvalue weighted by Gasteiger charge is -2.32. The summed E-state index contributed by atoms with van der Waals surface area (Å²) < 4.78 is 43.4. The summed E-state index contributed by atoms with van der Waals surface area (Å²) in [5.41, 5.74) is -0.164. The zero-order chi connectivity index (χ0) is 18.6. The van der Waals surface area contributed by atoms with E-state index in [1.54, 1.807) is 0 Å². The molecule has 1 amide bonds. The fourth-order valence-corrected chi connectivity index (χ4v) is 3.64. The van der Waals surface area contributed by atoms with Gasteiger partial charge in [-0.05, 0) is 25.0 Å². The van der Waals surface area contributed by atoms with Gasteiger partial charge in [-0.3, -0.25) is 13.9 Å². The summed E-state index contributed by atoms with van der Waals surface area (Å²) >= 11 is 0. The van der Waals surface area contributed by atoms with Crippen LogP contribution in [0, 0.1) is 11.7 Å². The van der Waals surface area contributed by atoms with Gasteiger partial charge in [-0.2, -0.15) is 0 Å². The number of rotatable bonds is 5. The van der Waals surface area contributed by atoms with Gasteiger partial charge in [-0.15, -0.1) is 0 Å². The first-order valence-electron chi connectivity index (χ1n) is 7.82. The van der Waals surface area contributed by atoms with Gasteiger partial charge in [0.1, 0.15) is 12.4 Å². The van der Waals surface area contributed by atoms with Crippen LogP contribution in [-0.2, 0) is 24.3 Å². The van der Waals surface area contributed by atoms with E-state index < -0.39 is 28.3 Å². The second-order valence-electron chi connectivity index (χ2n) is 5.90. The highest BCUT2D eigenvalue weighted by atomic mass is 32.2. The Kier molecular flexibility index (Phi) is 5.99. The van der Waals surface area contributed by atoms with Crippen molar-refractivity contribution in [2.75, 3.05) is 37.3 Å². The SMILES string of the molecule is COC(=O)C1CCN(C(=O)CN(c2ccccc2F)S(C)(=O)=O)CC1. The number of amides is 1. The number of methoxy groups -OCH3 is 1. The summed E-state index contributed by atoms with van der Waals surface area (Å²) in [6.07, 6.45) is 1.84. The number of carbonyl (C=O) groups excluding carboxylic acids is 2. The Balaban J connectivity index is 2.09. The number of esters is 1. The lowest BCUT2D eigenvalue weighted by molar-refractivity contribution is -0.148. The maximum Gasteiger partial charge on any atom is 0.308 e. The van der Waals surface area contributed by atoms with Crippen LogP contribution in [0.25, 0.3) is 0 Å². The first-order valence-corrected chi connectivity index (χ1v) is 9.66. The average Bonchev–Trinajstić information content (AvgIpc) is 2.58. The van der Waals surface area contributed by atoms with Gasteiger partial charge < -0.3 is 9.64 Å². The van der Waals surface area contributed by atoms with Crippen molar-refractivity contribution in [1.29, 1.82) is 0 Å². The van der Waals surface area contributed by atoms with E-state index in [1.807, 2.05) is 0 Å². The zero-order valence-electron chi connectivity index (χ0n) is 14.1.